The molecule has 14 heavy (non-hydrogen) atoms. The van der Waals surface area contributed by atoms with Gasteiger partial charge in [-0.1, -0.05) is 12.8 Å². The van der Waals surface area contributed by atoms with Crippen molar-refractivity contribution in [1.82, 2.24) is 4.72 Å². The second-order valence-corrected chi connectivity index (χ2v) is 4.15. The highest BCUT2D eigenvalue weighted by Crippen LogP contribution is 2.15. The van der Waals surface area contributed by atoms with Crippen molar-refractivity contribution in [3.05, 3.63) is 0 Å². The molecule has 0 aliphatic carbocycles. The number of nitrogens with one attached hydrogen (secondary N) is 1. The van der Waals surface area contributed by atoms with Crippen LogP contribution in [0.25, 0.3) is 0 Å². The Kier molecular flexibility index (Phi) is 3.09. The molecule has 1 atom stereocenters. The van der Waals surface area contributed by atoms with Crippen LogP contribution in [0.1, 0.15) is 13.3 Å². The summed E-state index contributed by atoms with van der Waals surface area (Å²) in [5.74, 6) is 0.397. The molecule has 1 aliphatic rings. The van der Waals surface area contributed by atoms with Crippen molar-refractivity contribution in [2.45, 2.75) is 25.3 Å². The van der Waals surface area contributed by atoms with E-state index in [1.165, 1.54) is 0 Å². The van der Waals surface area contributed by atoms with Crippen LogP contribution >= 0.6 is 0 Å². The summed E-state index contributed by atoms with van der Waals surface area (Å²) in [5, 5.41) is 0. The minimum atomic E-state index is -4.11. The molecule has 0 saturated heterocycles. The van der Waals surface area contributed by atoms with Crippen molar-refractivity contribution < 1.29 is 21.4 Å². The normalized spacial score (nSPS) is 29.5. The van der Waals surface area contributed by atoms with Crippen LogP contribution in [0.3, 0.4) is 0 Å². The Bertz CT molecular complexity index is 368. The van der Waals surface area contributed by atoms with Gasteiger partial charge < -0.3 is 0 Å². The molecule has 0 aromatic carbocycles. The van der Waals surface area contributed by atoms with Crippen LogP contribution in [-0.4, -0.2) is 27.0 Å². The lowest BCUT2D eigenvalue weighted by Gasteiger charge is -2.16. The molecule has 0 saturated carbocycles. The van der Waals surface area contributed by atoms with Crippen LogP contribution in [0.2, 0.25) is 0 Å². The SMILES string of the molecule is CCC1C#CC(F)(F)COS(=O)(=O)N1. The zero-order valence-corrected chi connectivity index (χ0v) is 8.20. The predicted octanol–water partition coefficient (Wildman–Crippen LogP) is 0.268. The molecule has 1 N–H and O–H groups in total. The first kappa shape index (κ1) is 11.4. The third-order valence-corrected chi connectivity index (χ3v) is 2.52. The van der Waals surface area contributed by atoms with Crippen LogP contribution in [0.15, 0.2) is 0 Å². The summed E-state index contributed by atoms with van der Waals surface area (Å²) in [4.78, 5) is 0. The first-order valence-electron chi connectivity index (χ1n) is 3.92. The summed E-state index contributed by atoms with van der Waals surface area (Å²) < 4.78 is 53.4. The predicted molar refractivity (Wildman–Crippen MR) is 44.8 cm³/mol. The lowest BCUT2D eigenvalue weighted by Crippen LogP contribution is -2.39. The Morgan fingerprint density at radius 2 is 2.29 bits per heavy atom. The Morgan fingerprint density at radius 3 is 2.86 bits per heavy atom. The number of halogens is 2. The molecule has 1 rings (SSSR count). The quantitative estimate of drug-likeness (QED) is 0.652. The molecule has 1 aliphatic heterocycles. The molecule has 4 nitrogen and oxygen atoms in total. The average Bonchev–Trinajstić information content (AvgIpc) is 2.08. The fraction of sp³-hybridized carbons (Fsp3) is 0.714. The Hall–Kier alpha value is -0.710. The second kappa shape index (κ2) is 3.81. The Morgan fingerprint density at radius 1 is 1.64 bits per heavy atom. The van der Waals surface area contributed by atoms with E-state index in [1.807, 2.05) is 4.72 Å². The van der Waals surface area contributed by atoms with Crippen molar-refractivity contribution in [2.24, 2.45) is 0 Å². The molecule has 0 radical (unpaired) electrons. The zero-order chi connectivity index (χ0) is 10.8. The summed E-state index contributed by atoms with van der Waals surface area (Å²) in [6.45, 7) is 0.382. The van der Waals surface area contributed by atoms with E-state index in [2.05, 4.69) is 10.1 Å². The Labute approximate surface area is 80.9 Å². The van der Waals surface area contributed by atoms with Gasteiger partial charge in [-0.2, -0.15) is 21.9 Å². The molecular weight excluding hydrogens is 216 g/mol. The smallest absolute Gasteiger partial charge is 0.251 e. The summed E-state index contributed by atoms with van der Waals surface area (Å²) in [5.41, 5.74) is 0. The monoisotopic (exact) mass is 225 g/mol. The topological polar surface area (TPSA) is 55.4 Å². The number of rotatable bonds is 1. The maximum Gasteiger partial charge on any atom is 0.337 e. The van der Waals surface area contributed by atoms with Crippen LogP contribution in [0.4, 0.5) is 8.78 Å². The Balaban J connectivity index is 2.97. The molecule has 1 unspecified atom stereocenters. The van der Waals surface area contributed by atoms with Crippen LogP contribution in [-0.2, 0) is 14.5 Å². The van der Waals surface area contributed by atoms with E-state index in [-0.39, 0.29) is 0 Å². The lowest BCUT2D eigenvalue weighted by atomic mass is 10.2. The molecule has 0 amide bonds. The molecule has 1 heterocycles. The molecule has 0 aromatic heterocycles. The van der Waals surface area contributed by atoms with Crippen LogP contribution in [0.5, 0.6) is 0 Å². The maximum atomic E-state index is 12.7. The van der Waals surface area contributed by atoms with Gasteiger partial charge in [0.15, 0.2) is 0 Å². The highest BCUT2D eigenvalue weighted by molar-refractivity contribution is 7.84. The minimum Gasteiger partial charge on any atom is -0.251 e. The van der Waals surface area contributed by atoms with E-state index in [4.69, 9.17) is 0 Å². The molecule has 0 spiro atoms. The standard InChI is InChI=1S/C7H9F2NO3S/c1-2-6-3-4-7(8,9)5-13-14(11,12)10-6/h6,10H,2,5H2,1H3. The van der Waals surface area contributed by atoms with E-state index in [0.29, 0.717) is 6.42 Å². The fourth-order valence-electron chi connectivity index (χ4n) is 0.803. The second-order valence-electron chi connectivity index (χ2n) is 2.77. The largest absolute Gasteiger partial charge is 0.337 e. The van der Waals surface area contributed by atoms with Gasteiger partial charge in [-0.3, -0.25) is 4.18 Å². The molecule has 0 bridgehead atoms. The highest BCUT2D eigenvalue weighted by atomic mass is 32.2. The molecule has 80 valence electrons. The number of alkyl halides is 2. The van der Waals surface area contributed by atoms with Crippen molar-refractivity contribution in [1.29, 1.82) is 0 Å². The summed E-state index contributed by atoms with van der Waals surface area (Å²) >= 11 is 0. The van der Waals surface area contributed by atoms with Gasteiger partial charge in [-0.05, 0) is 12.3 Å². The maximum absolute atomic E-state index is 12.7. The molecule has 0 aromatic rings. The lowest BCUT2D eigenvalue weighted by molar-refractivity contribution is 0.0150. The van der Waals surface area contributed by atoms with Gasteiger partial charge in [0.05, 0.1) is 6.04 Å². The minimum absolute atomic E-state index is 0.297. The van der Waals surface area contributed by atoms with E-state index in [1.54, 1.807) is 12.8 Å². The van der Waals surface area contributed by atoms with Gasteiger partial charge >= 0.3 is 16.2 Å². The molecule has 7 heteroatoms. The fourth-order valence-corrected chi connectivity index (χ4v) is 1.75. The zero-order valence-electron chi connectivity index (χ0n) is 7.38. The molecule has 0 fully saturated rings. The van der Waals surface area contributed by atoms with Gasteiger partial charge in [-0.15, -0.1) is 0 Å². The van der Waals surface area contributed by atoms with Gasteiger partial charge in [-0.25, -0.2) is 0 Å². The third kappa shape index (κ3) is 3.21. The summed E-state index contributed by atoms with van der Waals surface area (Å²) in [6.07, 6.45) is 0.297. The van der Waals surface area contributed by atoms with Crippen molar-refractivity contribution in [3.8, 4) is 11.8 Å². The van der Waals surface area contributed by atoms with Crippen molar-refractivity contribution in [3.63, 3.8) is 0 Å². The van der Waals surface area contributed by atoms with Crippen molar-refractivity contribution in [2.75, 3.05) is 6.61 Å². The highest BCUT2D eigenvalue weighted by Gasteiger charge is 2.32. The average molecular weight is 225 g/mol. The van der Waals surface area contributed by atoms with Crippen LogP contribution in [0, 0.1) is 11.8 Å². The number of hydrogen-bond donors (Lipinski definition) is 1. The van der Waals surface area contributed by atoms with E-state index < -0.39 is 28.9 Å². The van der Waals surface area contributed by atoms with Gasteiger partial charge in [0.1, 0.15) is 6.61 Å². The summed E-state index contributed by atoms with van der Waals surface area (Å²) in [6, 6.07) is -0.828. The first-order chi connectivity index (χ1) is 6.35. The van der Waals surface area contributed by atoms with E-state index in [9.17, 15) is 17.2 Å². The van der Waals surface area contributed by atoms with E-state index >= 15 is 0 Å². The third-order valence-electron chi connectivity index (χ3n) is 1.52. The number of hydrogen-bond acceptors (Lipinski definition) is 3. The van der Waals surface area contributed by atoms with Gasteiger partial charge in [0.2, 0.25) is 0 Å². The van der Waals surface area contributed by atoms with Crippen LogP contribution < -0.4 is 4.72 Å². The summed E-state index contributed by atoms with van der Waals surface area (Å²) in [7, 11) is -4.11. The van der Waals surface area contributed by atoms with Gasteiger partial charge in [0, 0.05) is 0 Å². The first-order valence-corrected chi connectivity index (χ1v) is 5.33. The molecular formula is C7H9F2NO3S. The van der Waals surface area contributed by atoms with Crippen molar-refractivity contribution >= 4 is 10.3 Å². The van der Waals surface area contributed by atoms with Gasteiger partial charge in [0.25, 0.3) is 0 Å². The van der Waals surface area contributed by atoms with E-state index in [0.717, 1.165) is 0 Å².